The molecule has 0 aliphatic rings. The molecular formula is C28H21IrN3-2. The zero-order valence-electron chi connectivity index (χ0n) is 17.6. The molecule has 3 aromatic heterocycles. The second-order valence-electron chi connectivity index (χ2n) is 6.87. The first kappa shape index (κ1) is 23.2. The zero-order valence-corrected chi connectivity index (χ0v) is 20.0. The van der Waals surface area contributed by atoms with E-state index in [1.807, 2.05) is 91.1 Å². The van der Waals surface area contributed by atoms with E-state index in [1.165, 1.54) is 5.56 Å². The average molecular weight is 592 g/mol. The maximum absolute atomic E-state index is 4.51. The number of aromatic nitrogens is 3. The quantitative estimate of drug-likeness (QED) is 0.226. The number of nitrogens with zero attached hydrogens (tertiary/aromatic N) is 3. The molecule has 0 saturated carbocycles. The van der Waals surface area contributed by atoms with Crippen molar-refractivity contribution in [2.45, 2.75) is 6.92 Å². The van der Waals surface area contributed by atoms with Gasteiger partial charge < -0.3 is 9.97 Å². The van der Waals surface area contributed by atoms with E-state index in [0.717, 1.165) is 33.8 Å². The molecule has 32 heavy (non-hydrogen) atoms. The van der Waals surface area contributed by atoms with Crippen LogP contribution < -0.4 is 0 Å². The van der Waals surface area contributed by atoms with Crippen LogP contribution >= 0.6 is 0 Å². The molecule has 3 nitrogen and oxygen atoms in total. The van der Waals surface area contributed by atoms with Crippen molar-refractivity contribution in [1.29, 1.82) is 0 Å². The van der Waals surface area contributed by atoms with E-state index in [4.69, 9.17) is 0 Å². The van der Waals surface area contributed by atoms with Gasteiger partial charge in [0.2, 0.25) is 0 Å². The van der Waals surface area contributed by atoms with Crippen molar-refractivity contribution in [3.8, 4) is 33.8 Å². The van der Waals surface area contributed by atoms with Crippen LogP contribution in [-0.4, -0.2) is 15.0 Å². The van der Waals surface area contributed by atoms with Gasteiger partial charge in [0.05, 0.1) is 5.69 Å². The largest absolute Gasteiger partial charge is 0.305 e. The minimum Gasteiger partial charge on any atom is -0.305 e. The molecule has 0 atom stereocenters. The van der Waals surface area contributed by atoms with Crippen LogP contribution in [0.4, 0.5) is 0 Å². The summed E-state index contributed by atoms with van der Waals surface area (Å²) in [6, 6.07) is 35.9. The Morgan fingerprint density at radius 3 is 1.66 bits per heavy atom. The van der Waals surface area contributed by atoms with Crippen LogP contribution in [0.25, 0.3) is 33.8 Å². The second-order valence-corrected chi connectivity index (χ2v) is 6.87. The molecule has 0 bridgehead atoms. The van der Waals surface area contributed by atoms with Gasteiger partial charge in [-0.15, -0.1) is 71.8 Å². The molecule has 5 aromatic rings. The van der Waals surface area contributed by atoms with Crippen LogP contribution in [0.2, 0.25) is 0 Å². The Labute approximate surface area is 202 Å². The summed E-state index contributed by atoms with van der Waals surface area (Å²) in [5, 5.41) is 0. The second kappa shape index (κ2) is 11.8. The number of hydrogen-bond donors (Lipinski definition) is 0. The van der Waals surface area contributed by atoms with Gasteiger partial charge in [0.1, 0.15) is 0 Å². The third kappa shape index (κ3) is 6.04. The van der Waals surface area contributed by atoms with Crippen LogP contribution in [0, 0.1) is 19.1 Å². The minimum atomic E-state index is 0. The van der Waals surface area contributed by atoms with Gasteiger partial charge in [0.25, 0.3) is 0 Å². The van der Waals surface area contributed by atoms with Gasteiger partial charge in [-0.2, -0.15) is 0 Å². The molecule has 2 aromatic carbocycles. The van der Waals surface area contributed by atoms with Crippen molar-refractivity contribution >= 4 is 0 Å². The van der Waals surface area contributed by atoms with Crippen LogP contribution in [0.15, 0.2) is 110 Å². The Balaban J connectivity index is 0.000000193. The summed E-state index contributed by atoms with van der Waals surface area (Å²) in [5.74, 6) is 0. The Kier molecular flexibility index (Phi) is 8.56. The average Bonchev–Trinajstić information content (AvgIpc) is 2.86. The monoisotopic (exact) mass is 592 g/mol. The van der Waals surface area contributed by atoms with Gasteiger partial charge in [-0.25, -0.2) is 0 Å². The SMILES string of the molecule is Cc1cc(-c2[c-]cccc2)ncc1-c1ccccn1.[Ir].[c-]1ccccc1-c1ccccn1. The summed E-state index contributed by atoms with van der Waals surface area (Å²) >= 11 is 0. The van der Waals surface area contributed by atoms with E-state index in [0.29, 0.717) is 0 Å². The van der Waals surface area contributed by atoms with Crippen molar-refractivity contribution in [2.24, 2.45) is 0 Å². The third-order valence-corrected chi connectivity index (χ3v) is 4.69. The molecule has 0 N–H and O–H groups in total. The van der Waals surface area contributed by atoms with Crippen molar-refractivity contribution < 1.29 is 20.1 Å². The van der Waals surface area contributed by atoms with Crippen LogP contribution in [0.5, 0.6) is 0 Å². The molecule has 5 rings (SSSR count). The molecule has 4 heteroatoms. The fourth-order valence-corrected chi connectivity index (χ4v) is 3.12. The van der Waals surface area contributed by atoms with Crippen molar-refractivity contribution in [3.05, 3.63) is 127 Å². The Morgan fingerprint density at radius 1 is 0.594 bits per heavy atom. The predicted molar refractivity (Wildman–Crippen MR) is 125 cm³/mol. The first-order chi connectivity index (χ1) is 15.3. The number of hydrogen-bond acceptors (Lipinski definition) is 3. The molecule has 0 fully saturated rings. The molecule has 0 spiro atoms. The summed E-state index contributed by atoms with van der Waals surface area (Å²) in [6.07, 6.45) is 5.47. The summed E-state index contributed by atoms with van der Waals surface area (Å²) in [7, 11) is 0. The third-order valence-electron chi connectivity index (χ3n) is 4.69. The summed E-state index contributed by atoms with van der Waals surface area (Å²) < 4.78 is 0. The van der Waals surface area contributed by atoms with E-state index in [1.54, 1.807) is 12.4 Å². The standard InChI is InChI=1S/C17H13N2.C11H8N.Ir/c1-13-11-17(14-7-3-2-4-8-14)19-12-15(13)16-9-5-6-10-18-16;1-2-6-10(7-3-1)11-8-4-5-9-12-11;/h2-7,9-12H,1H3;1-6,8-9H;/q2*-1;. The van der Waals surface area contributed by atoms with E-state index in [-0.39, 0.29) is 20.1 Å². The van der Waals surface area contributed by atoms with Crippen molar-refractivity contribution in [1.82, 2.24) is 15.0 Å². The van der Waals surface area contributed by atoms with Gasteiger partial charge in [-0.1, -0.05) is 24.3 Å². The summed E-state index contributed by atoms with van der Waals surface area (Å²) in [6.45, 7) is 2.08. The molecule has 0 saturated heterocycles. The maximum Gasteiger partial charge on any atom is 0.0719 e. The fraction of sp³-hybridized carbons (Fsp3) is 0.0357. The van der Waals surface area contributed by atoms with Gasteiger partial charge in [0.15, 0.2) is 0 Å². The van der Waals surface area contributed by atoms with Gasteiger partial charge in [0, 0.05) is 44.3 Å². The number of pyridine rings is 3. The Morgan fingerprint density at radius 2 is 1.16 bits per heavy atom. The molecule has 3 heterocycles. The van der Waals surface area contributed by atoms with Crippen molar-refractivity contribution in [2.75, 3.05) is 0 Å². The summed E-state index contributed by atoms with van der Waals surface area (Å²) in [5.41, 5.74) is 7.16. The van der Waals surface area contributed by atoms with E-state index in [2.05, 4.69) is 40.1 Å². The summed E-state index contributed by atoms with van der Waals surface area (Å²) in [4.78, 5) is 13.1. The minimum absolute atomic E-state index is 0. The van der Waals surface area contributed by atoms with E-state index < -0.39 is 0 Å². The first-order valence-corrected chi connectivity index (χ1v) is 10.0. The smallest absolute Gasteiger partial charge is 0.0719 e. The number of rotatable bonds is 3. The van der Waals surface area contributed by atoms with Gasteiger partial charge in [-0.3, -0.25) is 4.98 Å². The normalized spacial score (nSPS) is 9.78. The van der Waals surface area contributed by atoms with Gasteiger partial charge in [-0.05, 0) is 42.1 Å². The Hall–Kier alpha value is -3.46. The van der Waals surface area contributed by atoms with E-state index in [9.17, 15) is 0 Å². The van der Waals surface area contributed by atoms with Crippen LogP contribution in [0.1, 0.15) is 5.56 Å². The van der Waals surface area contributed by atoms with Crippen molar-refractivity contribution in [3.63, 3.8) is 0 Å². The molecule has 0 aliphatic carbocycles. The molecule has 1 radical (unpaired) electrons. The number of aryl methyl sites for hydroxylation is 1. The van der Waals surface area contributed by atoms with Crippen LogP contribution in [-0.2, 0) is 20.1 Å². The number of benzene rings is 2. The fourth-order valence-electron chi connectivity index (χ4n) is 3.12. The first-order valence-electron chi connectivity index (χ1n) is 10.0. The molecule has 159 valence electrons. The molecular weight excluding hydrogens is 571 g/mol. The zero-order chi connectivity index (χ0) is 21.3. The molecule has 0 amide bonds. The topological polar surface area (TPSA) is 38.7 Å². The molecule has 0 aliphatic heterocycles. The maximum atomic E-state index is 4.51. The van der Waals surface area contributed by atoms with Gasteiger partial charge >= 0.3 is 0 Å². The molecule has 0 unspecified atom stereocenters. The predicted octanol–water partition coefficient (Wildman–Crippen LogP) is 6.47. The van der Waals surface area contributed by atoms with E-state index >= 15 is 0 Å². The Bertz CT molecular complexity index is 1180. The van der Waals surface area contributed by atoms with Crippen LogP contribution in [0.3, 0.4) is 0 Å².